The lowest BCUT2D eigenvalue weighted by atomic mass is 10.3. The average Bonchev–Trinajstić information content (AvgIpc) is 3.48. The maximum Gasteiger partial charge on any atom is 0.135 e. The minimum Gasteiger partial charge on any atom is -0.410 e. The lowest BCUT2D eigenvalue weighted by Crippen LogP contribution is -1.90. The molecule has 0 fully saturated rings. The third-order valence-electron chi connectivity index (χ3n) is 4.19. The third-order valence-corrected chi connectivity index (χ3v) is 4.97. The van der Waals surface area contributed by atoms with Gasteiger partial charge in [-0.25, -0.2) is 0 Å². The molecule has 0 spiro atoms. The summed E-state index contributed by atoms with van der Waals surface area (Å²) in [6.45, 7) is 0. The normalized spacial score (nSPS) is 10.6. The van der Waals surface area contributed by atoms with Gasteiger partial charge in [0.2, 0.25) is 0 Å². The van der Waals surface area contributed by atoms with Crippen LogP contribution >= 0.6 is 34.8 Å². The molecule has 0 bridgehead atoms. The number of benzene rings is 3. The second kappa shape index (κ2) is 9.32. The van der Waals surface area contributed by atoms with Gasteiger partial charge < -0.3 is 15.6 Å². The van der Waals surface area contributed by atoms with E-state index in [0.717, 1.165) is 0 Å². The lowest BCUT2D eigenvalue weighted by molar-refractivity contribution is 0.154. The molecule has 3 N–H and O–H groups in total. The van der Waals surface area contributed by atoms with Gasteiger partial charge in [-0.3, -0.25) is 0 Å². The van der Waals surface area contributed by atoms with Crippen molar-refractivity contribution in [2.75, 3.05) is 0 Å². The molecule has 33 heavy (non-hydrogen) atoms. The minimum atomic E-state index is 0.489. The summed E-state index contributed by atoms with van der Waals surface area (Å²) in [5.74, 6) is 0. The van der Waals surface area contributed by atoms with Crippen LogP contribution in [-0.2, 0) is 0 Å². The Morgan fingerprint density at radius 1 is 0.576 bits per heavy atom. The maximum absolute atomic E-state index is 9.02. The molecule has 0 atom stereocenters. The maximum atomic E-state index is 9.02. The van der Waals surface area contributed by atoms with Crippen molar-refractivity contribution in [1.82, 2.24) is 45.5 Å². The highest BCUT2D eigenvalue weighted by Crippen LogP contribution is 2.19. The second-order valence-electron chi connectivity index (χ2n) is 6.31. The van der Waals surface area contributed by atoms with Crippen LogP contribution in [0.25, 0.3) is 33.1 Å². The highest BCUT2D eigenvalue weighted by molar-refractivity contribution is 6.34. The molecule has 0 aliphatic heterocycles. The average molecular weight is 509 g/mol. The molecule has 0 saturated carbocycles. The SMILES string of the molecule is On1nnc2c(Cl)cccc21.On1nnc2cc(Cl)ccc21.On1nnc2ccc(Cl)cc21. The van der Waals surface area contributed by atoms with Crippen molar-refractivity contribution in [3.8, 4) is 0 Å². The van der Waals surface area contributed by atoms with E-state index >= 15 is 0 Å². The van der Waals surface area contributed by atoms with Gasteiger partial charge in [-0.15, -0.1) is 15.3 Å². The molecule has 0 aliphatic carbocycles. The molecule has 0 aliphatic rings. The fraction of sp³-hybridized carbons (Fsp3) is 0. The van der Waals surface area contributed by atoms with Gasteiger partial charge in [0, 0.05) is 10.0 Å². The summed E-state index contributed by atoms with van der Waals surface area (Å²) >= 11 is 17.1. The van der Waals surface area contributed by atoms with E-state index in [2.05, 4.69) is 30.9 Å². The van der Waals surface area contributed by atoms with Crippen LogP contribution in [-0.4, -0.2) is 61.1 Å². The Morgan fingerprint density at radius 2 is 1.18 bits per heavy atom. The Balaban J connectivity index is 0.000000118. The Hall–Kier alpha value is -3.87. The topological polar surface area (TPSA) is 153 Å². The zero-order valence-corrected chi connectivity index (χ0v) is 18.5. The highest BCUT2D eigenvalue weighted by atomic mass is 35.5. The summed E-state index contributed by atoms with van der Waals surface area (Å²) < 4.78 is 0. The molecule has 168 valence electrons. The Morgan fingerprint density at radius 3 is 1.94 bits per heavy atom. The van der Waals surface area contributed by atoms with Crippen molar-refractivity contribution >= 4 is 67.9 Å². The van der Waals surface area contributed by atoms with Crippen LogP contribution in [0, 0.1) is 0 Å². The van der Waals surface area contributed by atoms with E-state index in [1.165, 1.54) is 0 Å². The van der Waals surface area contributed by atoms with Crippen LogP contribution in [0.3, 0.4) is 0 Å². The van der Waals surface area contributed by atoms with Crippen molar-refractivity contribution in [3.63, 3.8) is 0 Å². The fourth-order valence-electron chi connectivity index (χ4n) is 2.66. The van der Waals surface area contributed by atoms with E-state index in [4.69, 9.17) is 50.4 Å². The standard InChI is InChI=1S/3C6H4ClN3O/c7-4-1-2-6-5(3-4)8-9-10(6)11;7-4-1-2-5-6(3-4)10(11)9-8-5;7-4-2-1-3-5-6(4)8-9-10(5)11/h3*1-3,11H. The summed E-state index contributed by atoms with van der Waals surface area (Å²) in [7, 11) is 0. The molecule has 3 aromatic heterocycles. The predicted molar refractivity (Wildman–Crippen MR) is 119 cm³/mol. The van der Waals surface area contributed by atoms with E-state index in [0.29, 0.717) is 62.7 Å². The Kier molecular flexibility index (Phi) is 6.31. The van der Waals surface area contributed by atoms with E-state index in [-0.39, 0.29) is 0 Å². The van der Waals surface area contributed by atoms with Crippen molar-refractivity contribution in [2.45, 2.75) is 0 Å². The molecule has 6 aromatic rings. The minimum absolute atomic E-state index is 0.489. The summed E-state index contributed by atoms with van der Waals surface area (Å²) in [6, 6.07) is 15.0. The van der Waals surface area contributed by atoms with Gasteiger partial charge in [-0.2, -0.15) is 0 Å². The van der Waals surface area contributed by atoms with Crippen molar-refractivity contribution < 1.29 is 15.6 Å². The summed E-state index contributed by atoms with van der Waals surface area (Å²) in [5.41, 5.74) is 3.29. The monoisotopic (exact) mass is 507 g/mol. The Labute approximate surface area is 198 Å². The largest absolute Gasteiger partial charge is 0.410 e. The molecule has 12 nitrogen and oxygen atoms in total. The number of rotatable bonds is 0. The van der Waals surface area contributed by atoms with Crippen LogP contribution in [0.5, 0.6) is 0 Å². The van der Waals surface area contributed by atoms with Gasteiger partial charge in [0.15, 0.2) is 0 Å². The van der Waals surface area contributed by atoms with Crippen LogP contribution in [0.1, 0.15) is 0 Å². The smallest absolute Gasteiger partial charge is 0.135 e. The van der Waals surface area contributed by atoms with Crippen LogP contribution in [0.4, 0.5) is 0 Å². The highest BCUT2D eigenvalue weighted by Gasteiger charge is 2.05. The molecule has 15 heteroatoms. The molecule has 3 aromatic carbocycles. The molecular formula is C18H12Cl3N9O3. The van der Waals surface area contributed by atoms with Crippen LogP contribution in [0.15, 0.2) is 54.6 Å². The first kappa shape index (κ1) is 22.3. The number of halogens is 3. The molecular weight excluding hydrogens is 497 g/mol. The number of nitrogens with zero attached hydrogens (tertiary/aromatic N) is 9. The van der Waals surface area contributed by atoms with Gasteiger partial charge in [0.05, 0.1) is 5.02 Å². The van der Waals surface area contributed by atoms with Crippen LogP contribution in [0.2, 0.25) is 15.1 Å². The number of hydrogen-bond acceptors (Lipinski definition) is 9. The molecule has 0 radical (unpaired) electrons. The first-order chi connectivity index (χ1) is 15.8. The number of fused-ring (bicyclic) bond motifs is 3. The number of aromatic nitrogens is 9. The first-order valence-corrected chi connectivity index (χ1v) is 10.1. The van der Waals surface area contributed by atoms with E-state index in [1.54, 1.807) is 54.6 Å². The number of hydrogen-bond donors (Lipinski definition) is 3. The van der Waals surface area contributed by atoms with Gasteiger partial charge in [-0.05, 0) is 64.2 Å². The van der Waals surface area contributed by atoms with Gasteiger partial charge in [-0.1, -0.05) is 55.4 Å². The van der Waals surface area contributed by atoms with E-state index in [1.807, 2.05) is 0 Å². The van der Waals surface area contributed by atoms with E-state index in [9.17, 15) is 0 Å². The zero-order valence-electron chi connectivity index (χ0n) is 16.2. The molecule has 6 rings (SSSR count). The quantitative estimate of drug-likeness (QED) is 0.259. The third kappa shape index (κ3) is 4.82. The molecule has 0 saturated heterocycles. The van der Waals surface area contributed by atoms with Crippen LogP contribution < -0.4 is 0 Å². The Bertz CT molecular complexity index is 1560. The first-order valence-electron chi connectivity index (χ1n) is 8.93. The summed E-state index contributed by atoms with van der Waals surface area (Å²) in [5, 5.41) is 49.8. The van der Waals surface area contributed by atoms with Gasteiger partial charge in [0.25, 0.3) is 0 Å². The molecule has 3 heterocycles. The molecule has 0 amide bonds. The van der Waals surface area contributed by atoms with Gasteiger partial charge in [0.1, 0.15) is 33.1 Å². The summed E-state index contributed by atoms with van der Waals surface area (Å²) in [6.07, 6.45) is 0. The van der Waals surface area contributed by atoms with Gasteiger partial charge >= 0.3 is 0 Å². The zero-order chi connectivity index (χ0) is 23.5. The second-order valence-corrected chi connectivity index (χ2v) is 7.59. The lowest BCUT2D eigenvalue weighted by Gasteiger charge is -1.89. The van der Waals surface area contributed by atoms with E-state index < -0.39 is 0 Å². The fourth-order valence-corrected chi connectivity index (χ4v) is 3.20. The van der Waals surface area contributed by atoms with Crippen molar-refractivity contribution in [1.29, 1.82) is 0 Å². The van der Waals surface area contributed by atoms with Crippen molar-refractivity contribution in [3.05, 3.63) is 69.7 Å². The predicted octanol–water partition coefficient (Wildman–Crippen LogP) is 3.97. The summed E-state index contributed by atoms with van der Waals surface area (Å²) in [4.78, 5) is 2.11. The molecule has 0 unspecified atom stereocenters. The van der Waals surface area contributed by atoms with Crippen molar-refractivity contribution in [2.24, 2.45) is 0 Å².